The molecule has 0 saturated heterocycles. The molecule has 5 aromatic rings. The molecular formula is C27H25ClN6O3. The molecule has 0 aliphatic carbocycles. The number of hydrogen-bond acceptors (Lipinski definition) is 5. The van der Waals surface area contributed by atoms with E-state index in [1.165, 1.54) is 17.7 Å². The largest absolute Gasteiger partial charge is 0.495 e. The lowest BCUT2D eigenvalue weighted by Gasteiger charge is -2.20. The maximum atomic E-state index is 13.4. The topological polar surface area (TPSA) is 107 Å². The number of carbonyl (C=O) groups excluding carboxylic acids is 1. The number of fused-ring (bicyclic) bond motifs is 1. The second kappa shape index (κ2) is 9.94. The molecule has 2 N–H and O–H groups in total. The van der Waals surface area contributed by atoms with E-state index in [-0.39, 0.29) is 11.5 Å². The van der Waals surface area contributed by atoms with Gasteiger partial charge in [0.25, 0.3) is 5.56 Å². The van der Waals surface area contributed by atoms with Gasteiger partial charge in [-0.15, -0.1) is 0 Å². The molecular weight excluding hydrogens is 492 g/mol. The molecule has 0 aliphatic heterocycles. The quantitative estimate of drug-likeness (QED) is 0.315. The Bertz CT molecular complexity index is 1660. The Kier molecular flexibility index (Phi) is 6.54. The first-order valence-corrected chi connectivity index (χ1v) is 12.1. The number of aryl methyl sites for hydroxylation is 1. The molecule has 2 aromatic carbocycles. The van der Waals surface area contributed by atoms with Gasteiger partial charge >= 0.3 is 0 Å². The van der Waals surface area contributed by atoms with E-state index in [0.717, 1.165) is 22.2 Å². The lowest BCUT2D eigenvalue weighted by atomic mass is 9.97. The van der Waals surface area contributed by atoms with E-state index in [1.54, 1.807) is 35.3 Å². The van der Waals surface area contributed by atoms with Gasteiger partial charge in [0.15, 0.2) is 0 Å². The summed E-state index contributed by atoms with van der Waals surface area (Å²) >= 11 is 6.32. The maximum Gasteiger partial charge on any atom is 0.252 e. The standard InChI is InChI=1S/C27H25ClN6O3/c1-4-24(27(36)30-18-6-8-22-16(11-18)14-33(2)32-22)34-15-25(37-3)21(13-26(34)35)20-12-17(28)5-7-19(20)23-9-10-29-31-23/h5-15,24H,4H2,1-3H3,(H,29,31)(H,30,36). The van der Waals surface area contributed by atoms with Gasteiger partial charge in [0.05, 0.1) is 24.5 Å². The van der Waals surface area contributed by atoms with E-state index in [2.05, 4.69) is 20.6 Å². The second-order valence-electron chi connectivity index (χ2n) is 8.65. The molecule has 1 unspecified atom stereocenters. The summed E-state index contributed by atoms with van der Waals surface area (Å²) in [6.45, 7) is 1.86. The molecule has 188 valence electrons. The van der Waals surface area contributed by atoms with Crippen LogP contribution in [0.2, 0.25) is 5.02 Å². The van der Waals surface area contributed by atoms with Crippen LogP contribution < -0.4 is 15.6 Å². The summed E-state index contributed by atoms with van der Waals surface area (Å²) in [5.41, 5.74) is 3.98. The zero-order valence-electron chi connectivity index (χ0n) is 20.5. The normalized spacial score (nSPS) is 12.0. The minimum absolute atomic E-state index is 0.302. The summed E-state index contributed by atoms with van der Waals surface area (Å²) < 4.78 is 8.80. The first-order valence-electron chi connectivity index (χ1n) is 11.7. The Morgan fingerprint density at radius 1 is 1.11 bits per heavy atom. The zero-order valence-corrected chi connectivity index (χ0v) is 21.3. The van der Waals surface area contributed by atoms with Crippen molar-refractivity contribution in [1.82, 2.24) is 24.5 Å². The number of anilines is 1. The summed E-state index contributed by atoms with van der Waals surface area (Å²) in [5.74, 6) is 0.134. The lowest BCUT2D eigenvalue weighted by molar-refractivity contribution is -0.119. The number of nitrogens with zero attached hydrogens (tertiary/aromatic N) is 4. The van der Waals surface area contributed by atoms with Gasteiger partial charge in [0.1, 0.15) is 11.8 Å². The van der Waals surface area contributed by atoms with Crippen LogP contribution in [-0.4, -0.2) is 37.6 Å². The maximum absolute atomic E-state index is 13.4. The predicted molar refractivity (Wildman–Crippen MR) is 144 cm³/mol. The number of amides is 1. The van der Waals surface area contributed by atoms with E-state index >= 15 is 0 Å². The first kappa shape index (κ1) is 24.3. The van der Waals surface area contributed by atoms with Gasteiger partial charge in [-0.3, -0.25) is 23.9 Å². The Morgan fingerprint density at radius 3 is 2.68 bits per heavy atom. The molecule has 10 heteroatoms. The van der Waals surface area contributed by atoms with Gasteiger partial charge in [-0.1, -0.05) is 24.6 Å². The van der Waals surface area contributed by atoms with Gasteiger partial charge < -0.3 is 10.1 Å². The number of rotatable bonds is 7. The third kappa shape index (κ3) is 4.73. The molecule has 3 heterocycles. The van der Waals surface area contributed by atoms with Gasteiger partial charge in [-0.25, -0.2) is 0 Å². The predicted octanol–water partition coefficient (Wildman–Crippen LogP) is 5.04. The SMILES string of the molecule is CCC(C(=O)Nc1ccc2nn(C)cc2c1)n1cc(OC)c(-c2cc(Cl)ccc2-c2ccn[nH]2)cc1=O. The number of aromatic nitrogens is 5. The molecule has 0 spiro atoms. The first-order chi connectivity index (χ1) is 17.9. The van der Waals surface area contributed by atoms with Gasteiger partial charge in [-0.05, 0) is 48.4 Å². The molecule has 1 atom stereocenters. The highest BCUT2D eigenvalue weighted by Crippen LogP contribution is 2.38. The molecule has 0 fully saturated rings. The molecule has 0 saturated carbocycles. The van der Waals surface area contributed by atoms with Crippen molar-refractivity contribution in [3.05, 3.63) is 82.5 Å². The van der Waals surface area contributed by atoms with Crippen LogP contribution in [-0.2, 0) is 11.8 Å². The third-order valence-corrected chi connectivity index (χ3v) is 6.47. The molecule has 37 heavy (non-hydrogen) atoms. The third-order valence-electron chi connectivity index (χ3n) is 6.24. The fourth-order valence-electron chi connectivity index (χ4n) is 4.49. The lowest BCUT2D eigenvalue weighted by Crippen LogP contribution is -2.32. The molecule has 0 radical (unpaired) electrons. The number of nitrogens with one attached hydrogen (secondary N) is 2. The van der Waals surface area contributed by atoms with Gasteiger partial charge in [0.2, 0.25) is 5.91 Å². The van der Waals surface area contributed by atoms with E-state index in [0.29, 0.717) is 34.0 Å². The summed E-state index contributed by atoms with van der Waals surface area (Å²) in [6.07, 6.45) is 5.51. The van der Waals surface area contributed by atoms with E-state index in [1.807, 2.05) is 44.4 Å². The van der Waals surface area contributed by atoms with Crippen molar-refractivity contribution >= 4 is 34.1 Å². The van der Waals surface area contributed by atoms with Crippen molar-refractivity contribution in [1.29, 1.82) is 0 Å². The van der Waals surface area contributed by atoms with Crippen LogP contribution in [0.15, 0.2) is 71.9 Å². The van der Waals surface area contributed by atoms with Crippen LogP contribution in [0.3, 0.4) is 0 Å². The van der Waals surface area contributed by atoms with E-state index < -0.39 is 6.04 Å². The van der Waals surface area contributed by atoms with Crippen molar-refractivity contribution in [3.8, 4) is 28.1 Å². The Balaban J connectivity index is 1.52. The zero-order chi connectivity index (χ0) is 26.1. The smallest absolute Gasteiger partial charge is 0.252 e. The molecule has 5 rings (SSSR count). The number of halogens is 1. The van der Waals surface area contributed by atoms with Crippen LogP contribution in [0.5, 0.6) is 5.75 Å². The summed E-state index contributed by atoms with van der Waals surface area (Å²) in [6, 6.07) is 13.5. The molecule has 1 amide bonds. The van der Waals surface area contributed by atoms with Crippen LogP contribution in [0.4, 0.5) is 5.69 Å². The average molecular weight is 517 g/mol. The van der Waals surface area contributed by atoms with Crippen molar-refractivity contribution in [2.45, 2.75) is 19.4 Å². The Morgan fingerprint density at radius 2 is 1.95 bits per heavy atom. The average Bonchev–Trinajstić information content (AvgIpc) is 3.54. The highest BCUT2D eigenvalue weighted by molar-refractivity contribution is 6.31. The fourth-order valence-corrected chi connectivity index (χ4v) is 4.66. The van der Waals surface area contributed by atoms with Crippen LogP contribution in [0.1, 0.15) is 19.4 Å². The molecule has 0 bridgehead atoms. The minimum Gasteiger partial charge on any atom is -0.495 e. The molecule has 9 nitrogen and oxygen atoms in total. The second-order valence-corrected chi connectivity index (χ2v) is 9.09. The number of H-pyrrole nitrogens is 1. The minimum atomic E-state index is -0.744. The Hall–Kier alpha value is -4.37. The van der Waals surface area contributed by atoms with Crippen molar-refractivity contribution in [2.75, 3.05) is 12.4 Å². The molecule has 0 aliphatic rings. The summed E-state index contributed by atoms with van der Waals surface area (Å²) in [4.78, 5) is 26.6. The van der Waals surface area contributed by atoms with Crippen molar-refractivity contribution in [2.24, 2.45) is 7.05 Å². The highest BCUT2D eigenvalue weighted by Gasteiger charge is 2.23. The van der Waals surface area contributed by atoms with Gasteiger partial charge in [-0.2, -0.15) is 10.2 Å². The number of hydrogen-bond donors (Lipinski definition) is 2. The number of aromatic amines is 1. The van der Waals surface area contributed by atoms with Crippen LogP contribution in [0.25, 0.3) is 33.3 Å². The van der Waals surface area contributed by atoms with Crippen molar-refractivity contribution < 1.29 is 9.53 Å². The molecule has 3 aromatic heterocycles. The highest BCUT2D eigenvalue weighted by atomic mass is 35.5. The number of pyridine rings is 1. The summed E-state index contributed by atoms with van der Waals surface area (Å²) in [5, 5.41) is 15.7. The fraction of sp³-hybridized carbons (Fsp3) is 0.185. The van der Waals surface area contributed by atoms with Gasteiger partial charge in [0, 0.05) is 52.7 Å². The van der Waals surface area contributed by atoms with Crippen LogP contribution in [0, 0.1) is 0 Å². The van der Waals surface area contributed by atoms with E-state index in [9.17, 15) is 9.59 Å². The number of carbonyl (C=O) groups is 1. The van der Waals surface area contributed by atoms with Crippen LogP contribution >= 0.6 is 11.6 Å². The number of benzene rings is 2. The monoisotopic (exact) mass is 516 g/mol. The number of methoxy groups -OCH3 is 1. The summed E-state index contributed by atoms with van der Waals surface area (Å²) in [7, 11) is 3.37. The van der Waals surface area contributed by atoms with E-state index in [4.69, 9.17) is 16.3 Å². The Labute approximate surface area is 217 Å². The number of ether oxygens (including phenoxy) is 1. The van der Waals surface area contributed by atoms with Crippen molar-refractivity contribution in [3.63, 3.8) is 0 Å².